The summed E-state index contributed by atoms with van der Waals surface area (Å²) in [6, 6.07) is 4.25. The Kier molecular flexibility index (Phi) is 4.72. The van der Waals surface area contributed by atoms with Crippen LogP contribution in [0.25, 0.3) is 0 Å². The Morgan fingerprint density at radius 3 is 2.67 bits per heavy atom. The number of aliphatic hydroxyl groups is 1. The number of nitrogens with two attached hydrogens (primary N) is 1. The van der Waals surface area contributed by atoms with Crippen LogP contribution >= 0.6 is 0 Å². The van der Waals surface area contributed by atoms with Crippen LogP contribution in [0.4, 0.5) is 5.69 Å². The summed E-state index contributed by atoms with van der Waals surface area (Å²) in [7, 11) is -2.36. The second-order valence-corrected chi connectivity index (χ2v) is 6.74. The van der Waals surface area contributed by atoms with Crippen molar-refractivity contribution >= 4 is 15.7 Å². The lowest BCUT2D eigenvalue weighted by molar-refractivity contribution is 0.0223. The minimum absolute atomic E-state index is 0.0490. The standard InChI is InChI=1S/C13H20N2O5S/c1-19-12-8-10(2-3-11(12)14)21(17,18)15-13(9-16)4-6-20-7-5-13/h2-3,8,15-16H,4-7,9,14H2,1H3. The van der Waals surface area contributed by atoms with Gasteiger partial charge in [0.1, 0.15) is 5.75 Å². The van der Waals surface area contributed by atoms with Gasteiger partial charge in [-0.15, -0.1) is 0 Å². The second-order valence-electron chi connectivity index (χ2n) is 5.06. The summed E-state index contributed by atoms with van der Waals surface area (Å²) in [6.45, 7) is 0.546. The number of sulfonamides is 1. The Bertz CT molecular complexity index is 597. The highest BCUT2D eigenvalue weighted by Crippen LogP contribution is 2.27. The van der Waals surface area contributed by atoms with Crippen LogP contribution in [0.3, 0.4) is 0 Å². The van der Waals surface area contributed by atoms with Crippen molar-refractivity contribution in [1.82, 2.24) is 4.72 Å². The molecule has 7 nitrogen and oxygen atoms in total. The van der Waals surface area contributed by atoms with Gasteiger partial charge in [-0.2, -0.15) is 0 Å². The van der Waals surface area contributed by atoms with E-state index in [-0.39, 0.29) is 11.5 Å². The van der Waals surface area contributed by atoms with Gasteiger partial charge >= 0.3 is 0 Å². The summed E-state index contributed by atoms with van der Waals surface area (Å²) in [6.07, 6.45) is 0.851. The normalized spacial score (nSPS) is 18.4. The molecule has 0 radical (unpaired) electrons. The van der Waals surface area contributed by atoms with Gasteiger partial charge in [0.15, 0.2) is 0 Å². The third kappa shape index (κ3) is 3.46. The molecule has 1 saturated heterocycles. The highest BCUT2D eigenvalue weighted by atomic mass is 32.2. The monoisotopic (exact) mass is 316 g/mol. The zero-order valence-corrected chi connectivity index (χ0v) is 12.6. The first-order chi connectivity index (χ1) is 9.92. The van der Waals surface area contributed by atoms with Gasteiger partial charge in [0.2, 0.25) is 10.0 Å². The Morgan fingerprint density at radius 1 is 1.43 bits per heavy atom. The quantitative estimate of drug-likeness (QED) is 0.664. The molecule has 2 rings (SSSR count). The van der Waals surface area contributed by atoms with Crippen molar-refractivity contribution in [3.05, 3.63) is 18.2 Å². The number of benzene rings is 1. The molecule has 0 aromatic heterocycles. The topological polar surface area (TPSA) is 111 Å². The van der Waals surface area contributed by atoms with Crippen LogP contribution in [-0.4, -0.2) is 46.0 Å². The summed E-state index contributed by atoms with van der Waals surface area (Å²) in [4.78, 5) is 0.0490. The lowest BCUT2D eigenvalue weighted by Gasteiger charge is -2.35. The molecular weight excluding hydrogens is 296 g/mol. The van der Waals surface area contributed by atoms with Crippen molar-refractivity contribution in [3.63, 3.8) is 0 Å². The van der Waals surface area contributed by atoms with E-state index < -0.39 is 15.6 Å². The van der Waals surface area contributed by atoms with Crippen LogP contribution in [0, 0.1) is 0 Å². The number of hydrogen-bond donors (Lipinski definition) is 3. The summed E-state index contributed by atoms with van der Waals surface area (Å²) < 4.78 is 37.8. The van der Waals surface area contributed by atoms with Crippen molar-refractivity contribution < 1.29 is 23.0 Å². The van der Waals surface area contributed by atoms with E-state index in [0.717, 1.165) is 0 Å². The van der Waals surface area contributed by atoms with Gasteiger partial charge in [-0.05, 0) is 25.0 Å². The zero-order valence-electron chi connectivity index (χ0n) is 11.8. The Balaban J connectivity index is 2.29. The van der Waals surface area contributed by atoms with Crippen molar-refractivity contribution in [1.29, 1.82) is 0 Å². The molecule has 0 atom stereocenters. The third-order valence-electron chi connectivity index (χ3n) is 3.62. The van der Waals surface area contributed by atoms with Crippen molar-refractivity contribution in [2.24, 2.45) is 0 Å². The molecule has 0 bridgehead atoms. The van der Waals surface area contributed by atoms with Crippen LogP contribution in [-0.2, 0) is 14.8 Å². The van der Waals surface area contributed by atoms with Crippen LogP contribution in [0.5, 0.6) is 5.75 Å². The largest absolute Gasteiger partial charge is 0.495 e. The fraction of sp³-hybridized carbons (Fsp3) is 0.538. The van der Waals surface area contributed by atoms with Gasteiger partial charge in [-0.25, -0.2) is 13.1 Å². The smallest absolute Gasteiger partial charge is 0.241 e. The van der Waals surface area contributed by atoms with Gasteiger partial charge in [-0.1, -0.05) is 0 Å². The molecule has 8 heteroatoms. The number of hydrogen-bond acceptors (Lipinski definition) is 6. The van der Waals surface area contributed by atoms with Crippen molar-refractivity contribution in [2.45, 2.75) is 23.3 Å². The van der Waals surface area contributed by atoms with E-state index >= 15 is 0 Å². The lowest BCUT2D eigenvalue weighted by atomic mass is 9.93. The first kappa shape index (κ1) is 16.0. The summed E-state index contributed by atoms with van der Waals surface area (Å²) >= 11 is 0. The van der Waals surface area contributed by atoms with Crippen LogP contribution in [0.2, 0.25) is 0 Å². The molecular formula is C13H20N2O5S. The number of aliphatic hydroxyl groups excluding tert-OH is 1. The predicted octanol–water partition coefficient (Wildman–Crippen LogP) is 0.0972. The fourth-order valence-electron chi connectivity index (χ4n) is 2.26. The second kappa shape index (κ2) is 6.18. The average Bonchev–Trinajstić information content (AvgIpc) is 2.48. The summed E-state index contributed by atoms with van der Waals surface area (Å²) in [5, 5.41) is 9.57. The molecule has 0 unspecified atom stereocenters. The molecule has 1 aromatic rings. The summed E-state index contributed by atoms with van der Waals surface area (Å²) in [5.74, 6) is 0.294. The molecule has 0 aliphatic carbocycles. The zero-order chi connectivity index (χ0) is 15.5. The molecule has 1 aromatic carbocycles. The highest BCUT2D eigenvalue weighted by molar-refractivity contribution is 7.89. The first-order valence-corrected chi connectivity index (χ1v) is 8.07. The molecule has 118 valence electrons. The molecule has 1 fully saturated rings. The van der Waals surface area contributed by atoms with Gasteiger partial charge in [0.05, 0.1) is 29.8 Å². The van der Waals surface area contributed by atoms with Crippen LogP contribution in [0.15, 0.2) is 23.1 Å². The van der Waals surface area contributed by atoms with E-state index in [4.69, 9.17) is 15.2 Å². The van der Waals surface area contributed by atoms with Gasteiger partial charge < -0.3 is 20.3 Å². The Labute approximate surface area is 124 Å². The molecule has 0 spiro atoms. The molecule has 0 saturated carbocycles. The SMILES string of the molecule is COc1cc(S(=O)(=O)NC2(CO)CCOCC2)ccc1N. The molecule has 1 aliphatic rings. The minimum Gasteiger partial charge on any atom is -0.495 e. The number of rotatable bonds is 5. The van der Waals surface area contributed by atoms with Crippen molar-refractivity contribution in [2.75, 3.05) is 32.7 Å². The first-order valence-electron chi connectivity index (χ1n) is 6.58. The van der Waals surface area contributed by atoms with Gasteiger partial charge in [0, 0.05) is 19.3 Å². The molecule has 4 N–H and O–H groups in total. The predicted molar refractivity (Wildman–Crippen MR) is 77.6 cm³/mol. The molecule has 21 heavy (non-hydrogen) atoms. The number of nitrogens with one attached hydrogen (secondary N) is 1. The summed E-state index contributed by atoms with van der Waals surface area (Å²) in [5.41, 5.74) is 5.16. The molecule has 1 heterocycles. The number of anilines is 1. The highest BCUT2D eigenvalue weighted by Gasteiger charge is 2.36. The van der Waals surface area contributed by atoms with E-state index in [2.05, 4.69) is 4.72 Å². The third-order valence-corrected chi connectivity index (χ3v) is 5.19. The van der Waals surface area contributed by atoms with E-state index in [0.29, 0.717) is 37.5 Å². The maximum atomic E-state index is 12.5. The maximum absolute atomic E-state index is 12.5. The van der Waals surface area contributed by atoms with E-state index in [1.54, 1.807) is 0 Å². The Hall–Kier alpha value is -1.35. The number of methoxy groups -OCH3 is 1. The lowest BCUT2D eigenvalue weighted by Crippen LogP contribution is -2.54. The minimum atomic E-state index is -3.78. The number of ether oxygens (including phenoxy) is 2. The molecule has 1 aliphatic heterocycles. The van der Waals surface area contributed by atoms with Gasteiger partial charge in [0.25, 0.3) is 0 Å². The van der Waals surface area contributed by atoms with Crippen LogP contribution < -0.4 is 15.2 Å². The van der Waals surface area contributed by atoms with Gasteiger partial charge in [-0.3, -0.25) is 0 Å². The van der Waals surface area contributed by atoms with Crippen molar-refractivity contribution in [3.8, 4) is 5.75 Å². The van der Waals surface area contributed by atoms with E-state index in [1.807, 2.05) is 0 Å². The van der Waals surface area contributed by atoms with Crippen LogP contribution in [0.1, 0.15) is 12.8 Å². The number of nitrogen functional groups attached to an aromatic ring is 1. The van der Waals surface area contributed by atoms with E-state index in [1.165, 1.54) is 25.3 Å². The average molecular weight is 316 g/mol. The maximum Gasteiger partial charge on any atom is 0.241 e. The fourth-order valence-corrected chi connectivity index (χ4v) is 3.72. The molecule has 0 amide bonds. The van der Waals surface area contributed by atoms with E-state index in [9.17, 15) is 13.5 Å². The Morgan fingerprint density at radius 2 is 2.10 bits per heavy atom.